The van der Waals surface area contributed by atoms with Crippen LogP contribution in [0.15, 0.2) is 109 Å². The number of ether oxygens (including phenoxy) is 1. The first kappa shape index (κ1) is 27.0. The van der Waals surface area contributed by atoms with Crippen molar-refractivity contribution in [3.8, 4) is 0 Å². The molecule has 0 aliphatic carbocycles. The minimum atomic E-state index is -0.156. The zero-order valence-corrected chi connectivity index (χ0v) is 20.9. The number of rotatable bonds is 11. The number of carbonyl (C=O) groups excluding carboxylic acids is 1. The van der Waals surface area contributed by atoms with Crippen LogP contribution in [0.2, 0.25) is 0 Å². The largest absolute Gasteiger partial charge is 0.405 e. The van der Waals surface area contributed by atoms with Gasteiger partial charge in [-0.3, -0.25) is 4.79 Å². The number of amides is 1. The number of aliphatic imine (C=N–C) groups is 1. The molecule has 1 fully saturated rings. The van der Waals surface area contributed by atoms with Crippen LogP contribution in [0.1, 0.15) is 12.0 Å². The number of hydrogen-bond donors (Lipinski definition) is 4. The van der Waals surface area contributed by atoms with Crippen LogP contribution in [0, 0.1) is 0 Å². The molecule has 0 radical (unpaired) electrons. The number of nitrogens with two attached hydrogens (primary N) is 2. The summed E-state index contributed by atoms with van der Waals surface area (Å²) >= 11 is 0. The minimum absolute atomic E-state index is 0.156. The van der Waals surface area contributed by atoms with Crippen LogP contribution in [0.3, 0.4) is 0 Å². The van der Waals surface area contributed by atoms with E-state index in [2.05, 4.69) is 45.8 Å². The summed E-state index contributed by atoms with van der Waals surface area (Å²) in [4.78, 5) is 18.9. The molecule has 8 heteroatoms. The first-order valence-electron chi connectivity index (χ1n) is 12.0. The SMILES string of the molecule is C=C/C=C(\C=C/N)CC(=O)Nc1ccc(/C(N)=C/C=N\C(=C)Nc2ccc(N3CCOCC3)cc2)cc1. The number of allylic oxidation sites excluding steroid dienone is 4. The normalized spacial score (nSPS) is 14.6. The highest BCUT2D eigenvalue weighted by atomic mass is 16.5. The molecular formula is C29H34N6O2. The van der Waals surface area contributed by atoms with Crippen molar-refractivity contribution >= 4 is 34.9 Å². The Bertz CT molecular complexity index is 1190. The Morgan fingerprint density at radius 3 is 2.32 bits per heavy atom. The monoisotopic (exact) mass is 498 g/mol. The van der Waals surface area contributed by atoms with Crippen molar-refractivity contribution in [2.75, 3.05) is 41.8 Å². The standard InChI is InChI=1S/C29H34N6O2/c1-3-4-23(13-15-30)21-29(36)34-26-7-5-24(6-8-26)28(31)14-16-32-22(2)33-25-9-11-27(12-10-25)35-17-19-37-20-18-35/h3-16,33H,1-2,17-21,30-31H2,(H,34,36)/b15-13-,23-4+,28-14-,32-16-. The van der Waals surface area contributed by atoms with Gasteiger partial charge in [-0.2, -0.15) is 0 Å². The van der Waals surface area contributed by atoms with E-state index < -0.39 is 0 Å². The summed E-state index contributed by atoms with van der Waals surface area (Å²) in [5, 5.41) is 6.03. The zero-order chi connectivity index (χ0) is 26.5. The summed E-state index contributed by atoms with van der Waals surface area (Å²) in [6.07, 6.45) is 9.91. The zero-order valence-electron chi connectivity index (χ0n) is 20.9. The van der Waals surface area contributed by atoms with E-state index >= 15 is 0 Å². The number of carbonyl (C=O) groups is 1. The first-order valence-corrected chi connectivity index (χ1v) is 12.0. The van der Waals surface area contributed by atoms with Crippen LogP contribution in [0.5, 0.6) is 0 Å². The molecule has 6 N–H and O–H groups in total. The summed E-state index contributed by atoms with van der Waals surface area (Å²) in [6, 6.07) is 15.4. The van der Waals surface area contributed by atoms with Crippen LogP contribution in [-0.2, 0) is 9.53 Å². The molecule has 1 amide bonds. The average molecular weight is 499 g/mol. The molecule has 37 heavy (non-hydrogen) atoms. The van der Waals surface area contributed by atoms with Crippen molar-refractivity contribution in [2.24, 2.45) is 16.5 Å². The Balaban J connectivity index is 1.50. The van der Waals surface area contributed by atoms with Gasteiger partial charge in [-0.25, -0.2) is 4.99 Å². The summed E-state index contributed by atoms with van der Waals surface area (Å²) < 4.78 is 5.40. The topological polar surface area (TPSA) is 118 Å². The first-order chi connectivity index (χ1) is 18.0. The lowest BCUT2D eigenvalue weighted by Gasteiger charge is -2.28. The van der Waals surface area contributed by atoms with Crippen LogP contribution in [0.25, 0.3) is 5.70 Å². The molecule has 0 unspecified atom stereocenters. The summed E-state index contributed by atoms with van der Waals surface area (Å²) in [5.41, 5.74) is 16.5. The molecule has 8 nitrogen and oxygen atoms in total. The Kier molecular flexibility index (Phi) is 10.3. The smallest absolute Gasteiger partial charge is 0.228 e. The summed E-state index contributed by atoms with van der Waals surface area (Å²) in [7, 11) is 0. The van der Waals surface area contributed by atoms with E-state index in [-0.39, 0.29) is 12.3 Å². The van der Waals surface area contributed by atoms with Crippen molar-refractivity contribution in [2.45, 2.75) is 6.42 Å². The number of anilines is 3. The van der Waals surface area contributed by atoms with E-state index in [1.54, 1.807) is 42.7 Å². The van der Waals surface area contributed by atoms with Crippen molar-refractivity contribution in [1.29, 1.82) is 0 Å². The second-order valence-electron chi connectivity index (χ2n) is 8.26. The summed E-state index contributed by atoms with van der Waals surface area (Å²) in [6.45, 7) is 10.9. The molecule has 0 spiro atoms. The number of benzene rings is 2. The molecule has 1 aliphatic heterocycles. The van der Waals surface area contributed by atoms with Gasteiger partial charge in [0, 0.05) is 42.1 Å². The second-order valence-corrected chi connectivity index (χ2v) is 8.26. The van der Waals surface area contributed by atoms with E-state index in [1.807, 2.05) is 24.3 Å². The van der Waals surface area contributed by atoms with Gasteiger partial charge in [0.15, 0.2) is 0 Å². The van der Waals surface area contributed by atoms with E-state index in [0.29, 0.717) is 17.2 Å². The van der Waals surface area contributed by atoms with Crippen molar-refractivity contribution < 1.29 is 9.53 Å². The van der Waals surface area contributed by atoms with E-state index in [1.165, 1.54) is 11.9 Å². The molecule has 1 saturated heterocycles. The fraction of sp³-hybridized carbons (Fsp3) is 0.172. The molecule has 192 valence electrons. The van der Waals surface area contributed by atoms with Gasteiger partial charge in [-0.05, 0) is 65.9 Å². The average Bonchev–Trinajstić information content (AvgIpc) is 2.90. The fourth-order valence-corrected chi connectivity index (χ4v) is 3.66. The lowest BCUT2D eigenvalue weighted by molar-refractivity contribution is -0.115. The Morgan fingerprint density at radius 1 is 1.03 bits per heavy atom. The maximum Gasteiger partial charge on any atom is 0.228 e. The van der Waals surface area contributed by atoms with E-state index in [9.17, 15) is 4.79 Å². The third-order valence-electron chi connectivity index (χ3n) is 5.53. The summed E-state index contributed by atoms with van der Waals surface area (Å²) in [5.74, 6) is 0.340. The van der Waals surface area contributed by atoms with Crippen molar-refractivity contribution in [3.05, 3.63) is 109 Å². The Labute approximate surface area is 218 Å². The van der Waals surface area contributed by atoms with Gasteiger partial charge in [-0.15, -0.1) is 0 Å². The molecular weight excluding hydrogens is 464 g/mol. The van der Waals surface area contributed by atoms with Crippen LogP contribution in [-0.4, -0.2) is 38.4 Å². The second kappa shape index (κ2) is 14.1. The maximum atomic E-state index is 12.3. The van der Waals surface area contributed by atoms with Gasteiger partial charge in [0.05, 0.1) is 19.6 Å². The molecule has 1 heterocycles. The highest BCUT2D eigenvalue weighted by molar-refractivity contribution is 5.93. The third kappa shape index (κ3) is 8.87. The van der Waals surface area contributed by atoms with E-state index in [0.717, 1.165) is 43.1 Å². The van der Waals surface area contributed by atoms with Crippen molar-refractivity contribution in [1.82, 2.24) is 0 Å². The highest BCUT2D eigenvalue weighted by Gasteiger charge is 2.10. The maximum absolute atomic E-state index is 12.3. The Hall–Kier alpha value is -4.56. The lowest BCUT2D eigenvalue weighted by Crippen LogP contribution is -2.36. The fourth-order valence-electron chi connectivity index (χ4n) is 3.66. The molecule has 0 saturated carbocycles. The quantitative estimate of drug-likeness (QED) is 0.270. The predicted molar refractivity (Wildman–Crippen MR) is 154 cm³/mol. The molecule has 0 atom stereocenters. The molecule has 0 bridgehead atoms. The van der Waals surface area contributed by atoms with Gasteiger partial charge >= 0.3 is 0 Å². The molecule has 3 rings (SSSR count). The van der Waals surface area contributed by atoms with E-state index in [4.69, 9.17) is 16.2 Å². The number of hydrogen-bond acceptors (Lipinski definition) is 7. The number of nitrogens with one attached hydrogen (secondary N) is 2. The van der Waals surface area contributed by atoms with Gasteiger partial charge in [-0.1, -0.05) is 37.4 Å². The molecule has 0 aromatic heterocycles. The van der Waals surface area contributed by atoms with Crippen LogP contribution >= 0.6 is 0 Å². The predicted octanol–water partition coefficient (Wildman–Crippen LogP) is 4.39. The van der Waals surface area contributed by atoms with Crippen molar-refractivity contribution in [3.63, 3.8) is 0 Å². The van der Waals surface area contributed by atoms with Gasteiger partial charge in [0.2, 0.25) is 5.91 Å². The van der Waals surface area contributed by atoms with Crippen LogP contribution in [0.4, 0.5) is 17.1 Å². The lowest BCUT2D eigenvalue weighted by atomic mass is 10.1. The highest BCUT2D eigenvalue weighted by Crippen LogP contribution is 2.20. The Morgan fingerprint density at radius 2 is 1.68 bits per heavy atom. The number of nitrogens with zero attached hydrogens (tertiary/aromatic N) is 2. The third-order valence-corrected chi connectivity index (χ3v) is 5.53. The van der Waals surface area contributed by atoms with Gasteiger partial charge in [0.25, 0.3) is 0 Å². The molecule has 1 aliphatic rings. The minimum Gasteiger partial charge on any atom is -0.405 e. The molecule has 2 aromatic carbocycles. The molecule has 2 aromatic rings. The van der Waals surface area contributed by atoms with Gasteiger partial charge < -0.3 is 31.7 Å². The van der Waals surface area contributed by atoms with Crippen LogP contribution < -0.4 is 27.0 Å². The van der Waals surface area contributed by atoms with Gasteiger partial charge in [0.1, 0.15) is 5.82 Å². The number of morpholine rings is 1.